The highest BCUT2D eigenvalue weighted by molar-refractivity contribution is 4.76. The molecule has 1 heterocycles. The summed E-state index contributed by atoms with van der Waals surface area (Å²) in [5.41, 5.74) is 0. The Kier molecular flexibility index (Phi) is 9.54. The Morgan fingerprint density at radius 1 is 1.21 bits per heavy atom. The zero-order valence-corrected chi connectivity index (χ0v) is 13.6. The van der Waals surface area contributed by atoms with Crippen LogP contribution in [0.25, 0.3) is 0 Å². The van der Waals surface area contributed by atoms with Crippen LogP contribution in [0.2, 0.25) is 0 Å². The number of likely N-dealkylation sites (tertiary alicyclic amines) is 1. The molecule has 2 unspecified atom stereocenters. The molecule has 0 aromatic carbocycles. The van der Waals surface area contributed by atoms with Gasteiger partial charge in [-0.25, -0.2) is 0 Å². The van der Waals surface area contributed by atoms with E-state index in [0.717, 1.165) is 11.8 Å². The fourth-order valence-corrected chi connectivity index (χ4v) is 3.25. The Balaban J connectivity index is 2.24. The van der Waals surface area contributed by atoms with Crippen LogP contribution in [0.3, 0.4) is 0 Å². The Morgan fingerprint density at radius 2 is 2.05 bits per heavy atom. The largest absolute Gasteiger partial charge is 0.316 e. The van der Waals surface area contributed by atoms with Gasteiger partial charge in [-0.3, -0.25) is 0 Å². The molecule has 0 amide bonds. The minimum absolute atomic E-state index is 0.893. The smallest absolute Gasteiger partial charge is 0.00219 e. The zero-order chi connectivity index (χ0) is 13.9. The first-order valence-corrected chi connectivity index (χ1v) is 8.73. The van der Waals surface area contributed by atoms with Gasteiger partial charge in [0.25, 0.3) is 0 Å². The van der Waals surface area contributed by atoms with Crippen LogP contribution < -0.4 is 5.32 Å². The number of nitrogens with one attached hydrogen (secondary N) is 1. The van der Waals surface area contributed by atoms with Crippen LogP contribution in [-0.4, -0.2) is 37.6 Å². The van der Waals surface area contributed by atoms with E-state index in [9.17, 15) is 0 Å². The van der Waals surface area contributed by atoms with E-state index in [1.54, 1.807) is 0 Å². The van der Waals surface area contributed by atoms with Crippen LogP contribution in [0.1, 0.15) is 65.7 Å². The van der Waals surface area contributed by atoms with Crippen molar-refractivity contribution in [2.24, 2.45) is 11.8 Å². The number of hydrogen-bond donors (Lipinski definition) is 1. The summed E-state index contributed by atoms with van der Waals surface area (Å²) in [6.07, 6.45) is 9.64. The van der Waals surface area contributed by atoms with Crippen molar-refractivity contribution in [2.75, 3.05) is 32.7 Å². The molecular formula is C17H36N2. The van der Waals surface area contributed by atoms with Crippen molar-refractivity contribution >= 4 is 0 Å². The van der Waals surface area contributed by atoms with Crippen molar-refractivity contribution in [3.63, 3.8) is 0 Å². The predicted molar refractivity (Wildman–Crippen MR) is 85.6 cm³/mol. The molecule has 0 saturated carbocycles. The van der Waals surface area contributed by atoms with E-state index in [-0.39, 0.29) is 0 Å². The molecule has 0 aromatic heterocycles. The number of hydrogen-bond acceptors (Lipinski definition) is 2. The van der Waals surface area contributed by atoms with Gasteiger partial charge in [0, 0.05) is 13.1 Å². The number of unbranched alkanes of at least 4 members (excludes halogenated alkanes) is 1. The summed E-state index contributed by atoms with van der Waals surface area (Å²) >= 11 is 0. The number of nitrogens with zero attached hydrogens (tertiary/aromatic N) is 1. The molecule has 0 aliphatic carbocycles. The monoisotopic (exact) mass is 268 g/mol. The van der Waals surface area contributed by atoms with Gasteiger partial charge in [-0.05, 0) is 57.2 Å². The van der Waals surface area contributed by atoms with Crippen LogP contribution in [0.15, 0.2) is 0 Å². The average molecular weight is 268 g/mol. The fraction of sp³-hybridized carbons (Fsp3) is 1.00. The van der Waals surface area contributed by atoms with Gasteiger partial charge in [-0.15, -0.1) is 0 Å². The maximum Gasteiger partial charge on any atom is 0.00219 e. The van der Waals surface area contributed by atoms with E-state index in [1.165, 1.54) is 77.7 Å². The van der Waals surface area contributed by atoms with Crippen LogP contribution in [0.4, 0.5) is 0 Å². The summed E-state index contributed by atoms with van der Waals surface area (Å²) in [7, 11) is 0. The lowest BCUT2D eigenvalue weighted by atomic mass is 9.94. The summed E-state index contributed by atoms with van der Waals surface area (Å²) in [6.45, 7) is 13.4. The molecule has 114 valence electrons. The normalized spacial score (nSPS) is 22.6. The van der Waals surface area contributed by atoms with E-state index >= 15 is 0 Å². The Bertz CT molecular complexity index is 205. The third-order valence-electron chi connectivity index (χ3n) is 4.52. The first-order valence-electron chi connectivity index (χ1n) is 8.73. The fourth-order valence-electron chi connectivity index (χ4n) is 3.25. The van der Waals surface area contributed by atoms with Crippen LogP contribution in [0.5, 0.6) is 0 Å². The summed E-state index contributed by atoms with van der Waals surface area (Å²) in [4.78, 5) is 2.74. The molecule has 1 aliphatic rings. The summed E-state index contributed by atoms with van der Waals surface area (Å²) < 4.78 is 0. The third-order valence-corrected chi connectivity index (χ3v) is 4.52. The molecule has 1 fully saturated rings. The van der Waals surface area contributed by atoms with Crippen molar-refractivity contribution in [1.29, 1.82) is 0 Å². The van der Waals surface area contributed by atoms with Gasteiger partial charge in [0.1, 0.15) is 0 Å². The van der Waals surface area contributed by atoms with Crippen LogP contribution in [-0.2, 0) is 0 Å². The average Bonchev–Trinajstić information content (AvgIpc) is 2.44. The molecule has 1 N–H and O–H groups in total. The molecule has 2 heteroatoms. The summed E-state index contributed by atoms with van der Waals surface area (Å²) in [6, 6.07) is 0. The second kappa shape index (κ2) is 10.7. The topological polar surface area (TPSA) is 15.3 Å². The third kappa shape index (κ3) is 7.31. The SMILES string of the molecule is CCCCC(CC)CN1CCCC(CNCCC)C1. The van der Waals surface area contributed by atoms with Gasteiger partial charge in [0.15, 0.2) is 0 Å². The minimum Gasteiger partial charge on any atom is -0.316 e. The van der Waals surface area contributed by atoms with Crippen LogP contribution in [0, 0.1) is 11.8 Å². The molecule has 1 rings (SSSR count). The molecule has 0 bridgehead atoms. The standard InChI is InChI=1S/C17H36N2/c1-4-7-9-16(6-3)14-19-12-8-10-17(15-19)13-18-11-5-2/h16-18H,4-15H2,1-3H3. The molecule has 2 nitrogen and oxygen atoms in total. The maximum absolute atomic E-state index is 3.60. The van der Waals surface area contributed by atoms with E-state index < -0.39 is 0 Å². The zero-order valence-electron chi connectivity index (χ0n) is 13.6. The highest BCUT2D eigenvalue weighted by Crippen LogP contribution is 2.20. The lowest BCUT2D eigenvalue weighted by Crippen LogP contribution is -2.41. The van der Waals surface area contributed by atoms with Crippen molar-refractivity contribution in [2.45, 2.75) is 65.7 Å². The van der Waals surface area contributed by atoms with Crippen molar-refractivity contribution in [1.82, 2.24) is 10.2 Å². The number of rotatable bonds is 10. The van der Waals surface area contributed by atoms with E-state index in [0.29, 0.717) is 0 Å². The van der Waals surface area contributed by atoms with Gasteiger partial charge in [-0.2, -0.15) is 0 Å². The predicted octanol–water partition coefficient (Wildman–Crippen LogP) is 3.91. The Morgan fingerprint density at radius 3 is 2.74 bits per heavy atom. The Hall–Kier alpha value is -0.0800. The lowest BCUT2D eigenvalue weighted by molar-refractivity contribution is 0.144. The lowest BCUT2D eigenvalue weighted by Gasteiger charge is -2.35. The second-order valence-corrected chi connectivity index (χ2v) is 6.39. The maximum atomic E-state index is 3.60. The van der Waals surface area contributed by atoms with Gasteiger partial charge in [-0.1, -0.05) is 40.0 Å². The quantitative estimate of drug-likeness (QED) is 0.604. The summed E-state index contributed by atoms with van der Waals surface area (Å²) in [5, 5.41) is 3.60. The highest BCUT2D eigenvalue weighted by atomic mass is 15.1. The van der Waals surface area contributed by atoms with Crippen molar-refractivity contribution in [3.8, 4) is 0 Å². The van der Waals surface area contributed by atoms with E-state index in [1.807, 2.05) is 0 Å². The minimum atomic E-state index is 0.893. The molecule has 0 radical (unpaired) electrons. The Labute approximate surface area is 121 Å². The van der Waals surface area contributed by atoms with Gasteiger partial charge in [0.2, 0.25) is 0 Å². The molecular weight excluding hydrogens is 232 g/mol. The van der Waals surface area contributed by atoms with Gasteiger partial charge < -0.3 is 10.2 Å². The highest BCUT2D eigenvalue weighted by Gasteiger charge is 2.21. The molecule has 1 saturated heterocycles. The molecule has 0 aromatic rings. The first kappa shape index (κ1) is 17.0. The molecule has 0 spiro atoms. The first-order chi connectivity index (χ1) is 9.30. The van der Waals surface area contributed by atoms with Gasteiger partial charge in [0.05, 0.1) is 0 Å². The van der Waals surface area contributed by atoms with E-state index in [4.69, 9.17) is 0 Å². The molecule has 1 aliphatic heterocycles. The van der Waals surface area contributed by atoms with Crippen molar-refractivity contribution in [3.05, 3.63) is 0 Å². The van der Waals surface area contributed by atoms with E-state index in [2.05, 4.69) is 31.0 Å². The summed E-state index contributed by atoms with van der Waals surface area (Å²) in [5.74, 6) is 1.83. The van der Waals surface area contributed by atoms with Crippen molar-refractivity contribution < 1.29 is 0 Å². The second-order valence-electron chi connectivity index (χ2n) is 6.39. The van der Waals surface area contributed by atoms with Crippen LogP contribution >= 0.6 is 0 Å². The number of piperidine rings is 1. The molecule has 19 heavy (non-hydrogen) atoms. The van der Waals surface area contributed by atoms with Gasteiger partial charge >= 0.3 is 0 Å². The molecule has 2 atom stereocenters.